The number of hydrogen-bond donors (Lipinski definition) is 0. The molecule has 5 rings (SSSR count). The van der Waals surface area contributed by atoms with Crippen molar-refractivity contribution in [2.24, 2.45) is 0 Å². The molecule has 0 amide bonds. The normalized spacial score (nSPS) is 13.8. The summed E-state index contributed by atoms with van der Waals surface area (Å²) in [6.45, 7) is 37.4. The molecule has 0 aromatic heterocycles. The van der Waals surface area contributed by atoms with Crippen molar-refractivity contribution in [2.75, 3.05) is 27.4 Å². The third-order valence-electron chi connectivity index (χ3n) is 11.9. The van der Waals surface area contributed by atoms with Crippen LogP contribution in [0.2, 0.25) is 0 Å². The molecule has 0 unspecified atom stereocenters. The molecule has 0 spiro atoms. The number of methoxy groups -OCH3 is 2. The summed E-state index contributed by atoms with van der Waals surface area (Å²) in [5, 5.41) is 0. The van der Waals surface area contributed by atoms with Crippen LogP contribution in [-0.2, 0) is 66.4 Å². The second kappa shape index (κ2) is 19.0. The van der Waals surface area contributed by atoms with Crippen molar-refractivity contribution >= 4 is 11.9 Å². The van der Waals surface area contributed by atoms with Gasteiger partial charge in [-0.2, -0.15) is 0 Å². The van der Waals surface area contributed by atoms with Crippen LogP contribution in [0.4, 0.5) is 0 Å². The van der Waals surface area contributed by atoms with E-state index in [0.717, 1.165) is 78.3 Å². The topological polar surface area (TPSA) is 89.5 Å². The van der Waals surface area contributed by atoms with Crippen molar-refractivity contribution in [1.82, 2.24) is 0 Å². The standard InChI is InChI=1S/C58H80O8/c1-53(2,3)43-25-35-21-39-29-45(55(7,8)9)31-41(51(39)63-33-47(59)65-57(13,14)15)23-37-27-44(54(4,5)6)28-38(50(37)62-20)24-42-32-46(56(10,11)12)30-40(22-36(26-43)49(35)61-19)52(42)64-34-48(60)66-58(16,17)18/h25-32H,21-24,33-34H2,1-20H3. The fourth-order valence-corrected chi connectivity index (χ4v) is 8.52. The molecule has 0 fully saturated rings. The Morgan fingerprint density at radius 1 is 0.364 bits per heavy atom. The lowest BCUT2D eigenvalue weighted by atomic mass is 9.79. The fraction of sp³-hybridized carbons (Fsp3) is 0.552. The van der Waals surface area contributed by atoms with Gasteiger partial charge in [0.1, 0.15) is 34.2 Å². The second-order valence-electron chi connectivity index (χ2n) is 24.4. The summed E-state index contributed by atoms with van der Waals surface area (Å²) in [7, 11) is 3.47. The molecule has 8 bridgehead atoms. The number of fused-ring (bicyclic) bond motifs is 8. The molecule has 4 aromatic carbocycles. The minimum absolute atomic E-state index is 0.219. The first-order chi connectivity index (χ1) is 30.2. The van der Waals surface area contributed by atoms with Crippen LogP contribution in [0.3, 0.4) is 0 Å². The van der Waals surface area contributed by atoms with Gasteiger partial charge in [0.05, 0.1) is 14.2 Å². The Labute approximate surface area is 397 Å². The molecule has 0 heterocycles. The van der Waals surface area contributed by atoms with Crippen LogP contribution >= 0.6 is 0 Å². The van der Waals surface area contributed by atoms with Crippen molar-refractivity contribution in [2.45, 2.75) is 183 Å². The zero-order valence-electron chi connectivity index (χ0n) is 44.1. The smallest absolute Gasteiger partial charge is 0.344 e. The van der Waals surface area contributed by atoms with Gasteiger partial charge >= 0.3 is 11.9 Å². The van der Waals surface area contributed by atoms with Crippen LogP contribution in [0.1, 0.15) is 191 Å². The van der Waals surface area contributed by atoms with Crippen molar-refractivity contribution in [3.63, 3.8) is 0 Å². The van der Waals surface area contributed by atoms with E-state index in [1.165, 1.54) is 0 Å². The van der Waals surface area contributed by atoms with Crippen LogP contribution < -0.4 is 18.9 Å². The Morgan fingerprint density at radius 2 is 0.561 bits per heavy atom. The molecule has 1 aliphatic rings. The van der Waals surface area contributed by atoms with Gasteiger partial charge in [-0.25, -0.2) is 9.59 Å². The number of esters is 2. The SMILES string of the molecule is COc1c2cc(C(C)(C)C)cc1Cc1cc(C(C)(C)C)cc(c1OCC(=O)OC(C)(C)C)Cc1cc(C(C)(C)C)cc(c1OC)Cc1cc(C(C)(C)C)cc(c1OCC(=O)OC(C)(C)C)C2. The Morgan fingerprint density at radius 3 is 0.727 bits per heavy atom. The van der Waals surface area contributed by atoms with Crippen molar-refractivity contribution in [3.8, 4) is 23.0 Å². The first kappa shape index (κ1) is 52.0. The largest absolute Gasteiger partial charge is 0.496 e. The van der Waals surface area contributed by atoms with Gasteiger partial charge in [0.15, 0.2) is 13.2 Å². The average molecular weight is 905 g/mol. The predicted octanol–water partition coefficient (Wildman–Crippen LogP) is 13.0. The average Bonchev–Trinajstić information content (AvgIpc) is 3.13. The van der Waals surface area contributed by atoms with Crippen LogP contribution in [0.5, 0.6) is 23.0 Å². The highest BCUT2D eigenvalue weighted by Gasteiger charge is 2.30. The maximum absolute atomic E-state index is 13.4. The summed E-state index contributed by atoms with van der Waals surface area (Å²) in [5.74, 6) is 1.94. The lowest BCUT2D eigenvalue weighted by Crippen LogP contribution is -2.28. The van der Waals surface area contributed by atoms with Gasteiger partial charge in [-0.1, -0.05) is 132 Å². The van der Waals surface area contributed by atoms with E-state index in [0.29, 0.717) is 37.2 Å². The van der Waals surface area contributed by atoms with Gasteiger partial charge in [0, 0.05) is 25.7 Å². The zero-order chi connectivity index (χ0) is 49.5. The Hall–Kier alpha value is -4.98. The third kappa shape index (κ3) is 13.1. The molecule has 0 atom stereocenters. The highest BCUT2D eigenvalue weighted by Crippen LogP contribution is 2.44. The van der Waals surface area contributed by atoms with E-state index in [4.69, 9.17) is 28.4 Å². The maximum atomic E-state index is 13.4. The number of benzene rings is 4. The van der Waals surface area contributed by atoms with Crippen LogP contribution in [0.25, 0.3) is 0 Å². The summed E-state index contributed by atoms with van der Waals surface area (Å²) in [5.41, 5.74) is 10.1. The lowest BCUT2D eigenvalue weighted by molar-refractivity contribution is -0.158. The first-order valence-electron chi connectivity index (χ1n) is 23.6. The highest BCUT2D eigenvalue weighted by molar-refractivity contribution is 5.72. The molecule has 360 valence electrons. The van der Waals surface area contributed by atoms with Gasteiger partial charge in [0.25, 0.3) is 0 Å². The number of carbonyl (C=O) groups is 2. The predicted molar refractivity (Wildman–Crippen MR) is 268 cm³/mol. The van der Waals surface area contributed by atoms with E-state index in [2.05, 4.69) is 132 Å². The van der Waals surface area contributed by atoms with Gasteiger partial charge in [-0.05, 0) is 130 Å². The number of ether oxygens (including phenoxy) is 6. The number of rotatable bonds is 8. The molecule has 4 aromatic rings. The van der Waals surface area contributed by atoms with Gasteiger partial charge in [-0.3, -0.25) is 0 Å². The molecule has 66 heavy (non-hydrogen) atoms. The minimum Gasteiger partial charge on any atom is -0.496 e. The molecule has 0 saturated heterocycles. The monoisotopic (exact) mass is 905 g/mol. The van der Waals surface area contributed by atoms with E-state index in [9.17, 15) is 9.59 Å². The van der Waals surface area contributed by atoms with Crippen molar-refractivity contribution in [3.05, 3.63) is 115 Å². The maximum Gasteiger partial charge on any atom is 0.344 e. The number of carbonyl (C=O) groups excluding carboxylic acids is 2. The highest BCUT2D eigenvalue weighted by atomic mass is 16.6. The summed E-state index contributed by atoms with van der Waals surface area (Å²) in [4.78, 5) is 26.9. The quantitative estimate of drug-likeness (QED) is 0.142. The van der Waals surface area contributed by atoms with Crippen LogP contribution in [0, 0.1) is 0 Å². The zero-order valence-corrected chi connectivity index (χ0v) is 44.1. The van der Waals surface area contributed by atoms with Crippen LogP contribution in [-0.4, -0.2) is 50.6 Å². The lowest BCUT2D eigenvalue weighted by Gasteiger charge is -2.29. The molecular formula is C58H80O8. The molecule has 0 N–H and O–H groups in total. The molecule has 8 nitrogen and oxygen atoms in total. The van der Waals surface area contributed by atoms with E-state index in [-0.39, 0.29) is 34.9 Å². The molecule has 1 aliphatic carbocycles. The van der Waals surface area contributed by atoms with E-state index >= 15 is 0 Å². The summed E-state index contributed by atoms with van der Waals surface area (Å²) in [6.07, 6.45) is 1.83. The molecule has 0 saturated carbocycles. The van der Waals surface area contributed by atoms with E-state index in [1.54, 1.807) is 14.2 Å². The molecule has 0 aliphatic heterocycles. The van der Waals surface area contributed by atoms with Gasteiger partial charge < -0.3 is 28.4 Å². The Kier molecular flexibility index (Phi) is 14.9. The first-order valence-corrected chi connectivity index (χ1v) is 23.6. The summed E-state index contributed by atoms with van der Waals surface area (Å²) >= 11 is 0. The number of hydrogen-bond acceptors (Lipinski definition) is 8. The summed E-state index contributed by atoms with van der Waals surface area (Å²) < 4.78 is 38.0. The van der Waals surface area contributed by atoms with Gasteiger partial charge in [0.2, 0.25) is 0 Å². The molecular weight excluding hydrogens is 825 g/mol. The van der Waals surface area contributed by atoms with E-state index in [1.807, 2.05) is 41.5 Å². The van der Waals surface area contributed by atoms with Crippen LogP contribution in [0.15, 0.2) is 48.5 Å². The molecule has 0 radical (unpaired) electrons. The fourth-order valence-electron chi connectivity index (χ4n) is 8.52. The summed E-state index contributed by atoms with van der Waals surface area (Å²) in [6, 6.07) is 18.0. The van der Waals surface area contributed by atoms with Crippen molar-refractivity contribution < 1.29 is 38.0 Å². The van der Waals surface area contributed by atoms with E-state index < -0.39 is 23.1 Å². The third-order valence-corrected chi connectivity index (χ3v) is 11.9. The Balaban J connectivity index is 1.96. The van der Waals surface area contributed by atoms with Crippen molar-refractivity contribution in [1.29, 1.82) is 0 Å². The minimum atomic E-state index is -0.672. The van der Waals surface area contributed by atoms with Gasteiger partial charge in [-0.15, -0.1) is 0 Å². The Bertz CT molecular complexity index is 2160. The molecule has 8 heteroatoms. The second-order valence-corrected chi connectivity index (χ2v) is 24.4.